The van der Waals surface area contributed by atoms with Gasteiger partial charge >= 0.3 is 0 Å². The van der Waals surface area contributed by atoms with Gasteiger partial charge < -0.3 is 9.64 Å². The summed E-state index contributed by atoms with van der Waals surface area (Å²) in [6, 6.07) is 79.8. The van der Waals surface area contributed by atoms with Crippen LogP contribution in [0.15, 0.2) is 224 Å². The Morgan fingerprint density at radius 1 is 0.268 bits per heavy atom. The predicted octanol–water partition coefficient (Wildman–Crippen LogP) is 15.3. The van der Waals surface area contributed by atoms with Gasteiger partial charge in [-0.2, -0.15) is 0 Å². The molecule has 1 heterocycles. The van der Waals surface area contributed by atoms with E-state index in [1.54, 1.807) is 0 Å². The molecule has 0 aromatic heterocycles. The molecule has 2 nitrogen and oxygen atoms in total. The third-order valence-electron chi connectivity index (χ3n) is 10.7. The van der Waals surface area contributed by atoms with Crippen LogP contribution < -0.4 is 9.64 Å². The Labute approximate surface area is 328 Å². The number of benzene rings is 9. The molecule has 9 aromatic rings. The lowest BCUT2D eigenvalue weighted by Gasteiger charge is -2.28. The first-order valence-corrected chi connectivity index (χ1v) is 19.1. The quantitative estimate of drug-likeness (QED) is 0.163. The summed E-state index contributed by atoms with van der Waals surface area (Å²) in [5.41, 5.74) is 16.9. The van der Waals surface area contributed by atoms with Crippen LogP contribution in [0.3, 0.4) is 0 Å². The fourth-order valence-electron chi connectivity index (χ4n) is 7.97. The zero-order valence-corrected chi connectivity index (χ0v) is 30.7. The maximum atomic E-state index is 7.19. The summed E-state index contributed by atoms with van der Waals surface area (Å²) in [5.74, 6) is 1.65. The van der Waals surface area contributed by atoms with Gasteiger partial charge in [-0.3, -0.25) is 0 Å². The Morgan fingerprint density at radius 3 is 1.20 bits per heavy atom. The van der Waals surface area contributed by atoms with Crippen molar-refractivity contribution in [2.45, 2.75) is 0 Å². The molecule has 2 heteroatoms. The van der Waals surface area contributed by atoms with Gasteiger partial charge in [0.05, 0.1) is 5.69 Å². The molecule has 1 aliphatic heterocycles. The second-order valence-corrected chi connectivity index (χ2v) is 14.1. The van der Waals surface area contributed by atoms with Crippen molar-refractivity contribution in [3.8, 4) is 78.3 Å². The van der Waals surface area contributed by atoms with Crippen molar-refractivity contribution in [3.05, 3.63) is 224 Å². The number of para-hydroxylation sites is 1. The smallest absolute Gasteiger partial charge is 0.159 e. The second kappa shape index (κ2) is 14.4. The third-order valence-corrected chi connectivity index (χ3v) is 10.7. The highest BCUT2D eigenvalue weighted by molar-refractivity contribution is 6.00. The molecule has 0 unspecified atom stereocenters. The van der Waals surface area contributed by atoms with Gasteiger partial charge in [0.15, 0.2) is 5.75 Å². The van der Waals surface area contributed by atoms with Crippen molar-refractivity contribution < 1.29 is 4.74 Å². The zero-order valence-electron chi connectivity index (χ0n) is 30.7. The van der Waals surface area contributed by atoms with E-state index in [2.05, 4.69) is 229 Å². The summed E-state index contributed by atoms with van der Waals surface area (Å²) in [7, 11) is 0. The monoisotopic (exact) mass is 715 g/mol. The van der Waals surface area contributed by atoms with Crippen molar-refractivity contribution in [3.63, 3.8) is 0 Å². The molecule has 0 saturated heterocycles. The highest BCUT2D eigenvalue weighted by Crippen LogP contribution is 2.54. The lowest BCUT2D eigenvalue weighted by Crippen LogP contribution is -2.11. The van der Waals surface area contributed by atoms with Crippen molar-refractivity contribution in [1.82, 2.24) is 0 Å². The number of ether oxygens (including phenoxy) is 1. The van der Waals surface area contributed by atoms with E-state index < -0.39 is 0 Å². The lowest BCUT2D eigenvalue weighted by atomic mass is 9.89. The Morgan fingerprint density at radius 2 is 0.661 bits per heavy atom. The average molecular weight is 716 g/mol. The van der Waals surface area contributed by atoms with Crippen molar-refractivity contribution in [1.29, 1.82) is 0 Å². The van der Waals surface area contributed by atoms with Gasteiger partial charge in [-0.15, -0.1) is 0 Å². The molecule has 0 fully saturated rings. The molecule has 1 aliphatic rings. The normalized spacial score (nSPS) is 11.4. The SMILES string of the molecule is c1ccc(-c2ccc(-c3ccc(N(c4ccc(-c5ccccc5)cc4)c4cccc5c4Oc4cccc(-c6ccccc6)c4-c4ccccc4-5)cc3)cc2)cc1. The largest absolute Gasteiger partial charge is 0.454 e. The molecule has 10 rings (SSSR count). The highest BCUT2D eigenvalue weighted by Gasteiger charge is 2.28. The van der Waals surface area contributed by atoms with Gasteiger partial charge in [-0.05, 0) is 92.0 Å². The number of hydrogen-bond acceptors (Lipinski definition) is 2. The minimum Gasteiger partial charge on any atom is -0.454 e. The molecule has 0 N–H and O–H groups in total. The van der Waals surface area contributed by atoms with Crippen molar-refractivity contribution in [2.24, 2.45) is 0 Å². The topological polar surface area (TPSA) is 12.5 Å². The number of fused-ring (bicyclic) bond motifs is 5. The van der Waals surface area contributed by atoms with Crippen LogP contribution >= 0.6 is 0 Å². The van der Waals surface area contributed by atoms with E-state index >= 15 is 0 Å². The molecule has 0 radical (unpaired) electrons. The Kier molecular flexibility index (Phi) is 8.55. The lowest BCUT2D eigenvalue weighted by molar-refractivity contribution is 0.489. The summed E-state index contributed by atoms with van der Waals surface area (Å²) in [4.78, 5) is 2.32. The van der Waals surface area contributed by atoms with Crippen LogP contribution in [0, 0.1) is 0 Å². The Hall–Kier alpha value is -7.42. The fraction of sp³-hybridized carbons (Fsp3) is 0. The molecule has 9 aromatic carbocycles. The van der Waals surface area contributed by atoms with Gasteiger partial charge in [-0.25, -0.2) is 0 Å². The predicted molar refractivity (Wildman–Crippen MR) is 234 cm³/mol. The average Bonchev–Trinajstić information content (AvgIpc) is 3.43. The van der Waals surface area contributed by atoms with Gasteiger partial charge in [-0.1, -0.05) is 188 Å². The van der Waals surface area contributed by atoms with E-state index in [1.807, 2.05) is 0 Å². The van der Waals surface area contributed by atoms with E-state index in [9.17, 15) is 0 Å². The molecule has 0 bridgehead atoms. The van der Waals surface area contributed by atoms with Crippen molar-refractivity contribution >= 4 is 17.1 Å². The minimum atomic E-state index is 0.816. The van der Waals surface area contributed by atoms with Crippen LogP contribution in [0.5, 0.6) is 11.5 Å². The molecule has 264 valence electrons. The molecule has 0 aliphatic carbocycles. The van der Waals surface area contributed by atoms with Crippen LogP contribution in [0.4, 0.5) is 17.1 Å². The molecule has 0 saturated carbocycles. The number of anilines is 3. The molecule has 0 amide bonds. The number of nitrogens with zero attached hydrogens (tertiary/aromatic N) is 1. The fourth-order valence-corrected chi connectivity index (χ4v) is 7.97. The van der Waals surface area contributed by atoms with Gasteiger partial charge in [0.2, 0.25) is 0 Å². The van der Waals surface area contributed by atoms with E-state index in [-0.39, 0.29) is 0 Å². The third kappa shape index (κ3) is 6.14. The Bertz CT molecular complexity index is 2780. The standard InChI is InChI=1S/C54H37NO/c1-4-14-38(15-5-1)40-26-28-41(29-27-40)43-32-36-46(37-33-43)55(45-34-30-42(31-35-45)39-16-6-2-7-17-39)51-24-12-23-50-48-20-10-11-21-49(48)53-47(44-18-8-3-9-19-44)22-13-25-52(53)56-54(50)51/h1-37H. The summed E-state index contributed by atoms with van der Waals surface area (Å²) < 4.78 is 7.19. The summed E-state index contributed by atoms with van der Waals surface area (Å²) in [6.45, 7) is 0. The van der Waals surface area contributed by atoms with Crippen LogP contribution in [0.25, 0.3) is 66.8 Å². The first-order chi connectivity index (χ1) is 27.8. The summed E-state index contributed by atoms with van der Waals surface area (Å²) in [5, 5.41) is 0. The first kappa shape index (κ1) is 33.2. The van der Waals surface area contributed by atoms with Crippen LogP contribution in [0.1, 0.15) is 0 Å². The van der Waals surface area contributed by atoms with E-state index in [0.717, 1.165) is 67.5 Å². The molecular weight excluding hydrogens is 679 g/mol. The second-order valence-electron chi connectivity index (χ2n) is 14.1. The number of rotatable bonds is 7. The number of hydrogen-bond donors (Lipinski definition) is 0. The van der Waals surface area contributed by atoms with E-state index in [4.69, 9.17) is 4.74 Å². The van der Waals surface area contributed by atoms with Crippen LogP contribution in [-0.2, 0) is 0 Å². The van der Waals surface area contributed by atoms with Crippen molar-refractivity contribution in [2.75, 3.05) is 4.90 Å². The van der Waals surface area contributed by atoms with Gasteiger partial charge in [0.25, 0.3) is 0 Å². The zero-order chi connectivity index (χ0) is 37.3. The molecule has 0 atom stereocenters. The van der Waals surface area contributed by atoms with Crippen LogP contribution in [0.2, 0.25) is 0 Å². The molecule has 56 heavy (non-hydrogen) atoms. The maximum Gasteiger partial charge on any atom is 0.159 e. The molecule has 0 spiro atoms. The first-order valence-electron chi connectivity index (χ1n) is 19.1. The van der Waals surface area contributed by atoms with Gasteiger partial charge in [0.1, 0.15) is 5.75 Å². The van der Waals surface area contributed by atoms with E-state index in [1.165, 1.54) is 27.8 Å². The minimum absolute atomic E-state index is 0.816. The Balaban J connectivity index is 1.11. The van der Waals surface area contributed by atoms with Gasteiger partial charge in [0, 0.05) is 22.5 Å². The summed E-state index contributed by atoms with van der Waals surface area (Å²) in [6.07, 6.45) is 0. The summed E-state index contributed by atoms with van der Waals surface area (Å²) >= 11 is 0. The highest BCUT2D eigenvalue weighted by atomic mass is 16.5. The van der Waals surface area contributed by atoms with Crippen LogP contribution in [-0.4, -0.2) is 0 Å². The molecular formula is C54H37NO. The maximum absolute atomic E-state index is 7.19. The van der Waals surface area contributed by atoms with E-state index in [0.29, 0.717) is 0 Å².